The van der Waals surface area contributed by atoms with Gasteiger partial charge in [-0.1, -0.05) is 25.4 Å². The summed E-state index contributed by atoms with van der Waals surface area (Å²) in [5.74, 6) is 0.699. The Kier molecular flexibility index (Phi) is 6.93. The van der Waals surface area contributed by atoms with Crippen LogP contribution < -0.4 is 5.32 Å². The number of rotatable bonds is 7. The van der Waals surface area contributed by atoms with Gasteiger partial charge in [0.2, 0.25) is 0 Å². The first-order chi connectivity index (χ1) is 8.09. The fraction of sp³-hybridized carbons (Fsp3) is 0.538. The van der Waals surface area contributed by atoms with Crippen LogP contribution >= 0.6 is 27.5 Å². The Labute approximate surface area is 117 Å². The first-order valence-corrected chi connectivity index (χ1v) is 7.03. The van der Waals surface area contributed by atoms with Crippen LogP contribution in [0.5, 0.6) is 0 Å². The molecule has 2 nitrogen and oxygen atoms in total. The monoisotopic (exact) mass is 319 g/mol. The highest BCUT2D eigenvalue weighted by Gasteiger charge is 2.00. The molecule has 96 valence electrons. The zero-order chi connectivity index (χ0) is 12.7. The maximum atomic E-state index is 5.92. The lowest BCUT2D eigenvalue weighted by Gasteiger charge is -2.10. The van der Waals surface area contributed by atoms with Gasteiger partial charge in [0.1, 0.15) is 0 Å². The van der Waals surface area contributed by atoms with Gasteiger partial charge >= 0.3 is 0 Å². The predicted octanol–water partition coefficient (Wildman–Crippen LogP) is 4.58. The first kappa shape index (κ1) is 14.8. The summed E-state index contributed by atoms with van der Waals surface area (Å²) in [7, 11) is 0. The molecule has 1 aromatic rings. The first-order valence-electron chi connectivity index (χ1n) is 5.86. The smallest absolute Gasteiger partial charge is 0.0639 e. The van der Waals surface area contributed by atoms with Crippen LogP contribution in [-0.4, -0.2) is 19.8 Å². The normalized spacial score (nSPS) is 10.9. The van der Waals surface area contributed by atoms with E-state index in [0.29, 0.717) is 12.5 Å². The minimum atomic E-state index is 0.699. The molecule has 0 fully saturated rings. The Balaban J connectivity index is 2.20. The second-order valence-electron chi connectivity index (χ2n) is 4.35. The SMILES string of the molecule is CC(C)CCOCCNc1cc(Cl)ccc1Br. The summed E-state index contributed by atoms with van der Waals surface area (Å²) in [5, 5.41) is 4.02. The van der Waals surface area contributed by atoms with E-state index in [9.17, 15) is 0 Å². The minimum absolute atomic E-state index is 0.699. The van der Waals surface area contributed by atoms with Gasteiger partial charge in [-0.05, 0) is 46.5 Å². The average molecular weight is 321 g/mol. The predicted molar refractivity (Wildman–Crippen MR) is 77.9 cm³/mol. The highest BCUT2D eigenvalue weighted by molar-refractivity contribution is 9.10. The maximum absolute atomic E-state index is 5.92. The highest BCUT2D eigenvalue weighted by Crippen LogP contribution is 2.25. The summed E-state index contributed by atoms with van der Waals surface area (Å²) in [4.78, 5) is 0. The standard InChI is InChI=1S/C13H19BrClNO/c1-10(2)5-7-17-8-6-16-13-9-11(15)3-4-12(13)14/h3-4,9-10,16H,5-8H2,1-2H3. The van der Waals surface area contributed by atoms with E-state index < -0.39 is 0 Å². The molecular formula is C13H19BrClNO. The Morgan fingerprint density at radius 2 is 2.12 bits per heavy atom. The van der Waals surface area contributed by atoms with Crippen LogP contribution in [0.2, 0.25) is 5.02 Å². The molecule has 0 saturated carbocycles. The lowest BCUT2D eigenvalue weighted by Crippen LogP contribution is -2.11. The number of anilines is 1. The molecule has 1 N–H and O–H groups in total. The van der Waals surface area contributed by atoms with E-state index in [1.807, 2.05) is 18.2 Å². The van der Waals surface area contributed by atoms with E-state index in [1.54, 1.807) is 0 Å². The minimum Gasteiger partial charge on any atom is -0.382 e. The Morgan fingerprint density at radius 3 is 2.82 bits per heavy atom. The molecule has 0 radical (unpaired) electrons. The molecule has 1 aromatic carbocycles. The van der Waals surface area contributed by atoms with Crippen molar-refractivity contribution in [2.75, 3.05) is 25.1 Å². The maximum Gasteiger partial charge on any atom is 0.0639 e. The summed E-state index contributed by atoms with van der Waals surface area (Å²) in [5.41, 5.74) is 1.00. The number of halogens is 2. The molecule has 0 spiro atoms. The summed E-state index contributed by atoms with van der Waals surface area (Å²) >= 11 is 9.39. The Morgan fingerprint density at radius 1 is 1.35 bits per heavy atom. The van der Waals surface area contributed by atoms with Crippen molar-refractivity contribution < 1.29 is 4.74 Å². The van der Waals surface area contributed by atoms with Crippen molar-refractivity contribution in [2.45, 2.75) is 20.3 Å². The summed E-state index contributed by atoms with van der Waals surface area (Å²) < 4.78 is 6.54. The lowest BCUT2D eigenvalue weighted by molar-refractivity contribution is 0.132. The van der Waals surface area contributed by atoms with Gasteiger partial charge in [-0.15, -0.1) is 0 Å². The van der Waals surface area contributed by atoms with Crippen molar-refractivity contribution >= 4 is 33.2 Å². The van der Waals surface area contributed by atoms with Gasteiger partial charge in [-0.3, -0.25) is 0 Å². The molecule has 1 rings (SSSR count). The molecule has 0 aliphatic heterocycles. The topological polar surface area (TPSA) is 21.3 Å². The quantitative estimate of drug-likeness (QED) is 0.743. The number of hydrogen-bond donors (Lipinski definition) is 1. The molecule has 0 heterocycles. The van der Waals surface area contributed by atoms with Crippen molar-refractivity contribution in [1.29, 1.82) is 0 Å². The zero-order valence-corrected chi connectivity index (χ0v) is 12.6. The molecular weight excluding hydrogens is 302 g/mol. The number of nitrogens with one attached hydrogen (secondary N) is 1. The summed E-state index contributed by atoms with van der Waals surface area (Å²) in [6.07, 6.45) is 1.11. The van der Waals surface area contributed by atoms with Crippen LogP contribution in [0.3, 0.4) is 0 Å². The van der Waals surface area contributed by atoms with E-state index in [-0.39, 0.29) is 0 Å². The molecule has 0 unspecified atom stereocenters. The molecule has 0 saturated heterocycles. The lowest BCUT2D eigenvalue weighted by atomic mass is 10.1. The van der Waals surface area contributed by atoms with E-state index in [2.05, 4.69) is 35.1 Å². The Bertz CT molecular complexity index is 344. The van der Waals surface area contributed by atoms with Crippen LogP contribution in [-0.2, 0) is 4.74 Å². The van der Waals surface area contributed by atoms with E-state index in [0.717, 1.165) is 34.8 Å². The molecule has 0 amide bonds. The second kappa shape index (κ2) is 7.96. The number of hydrogen-bond acceptors (Lipinski definition) is 2. The fourth-order valence-corrected chi connectivity index (χ4v) is 1.87. The van der Waals surface area contributed by atoms with Crippen molar-refractivity contribution in [2.24, 2.45) is 5.92 Å². The van der Waals surface area contributed by atoms with Gasteiger partial charge in [0.05, 0.1) is 6.61 Å². The van der Waals surface area contributed by atoms with E-state index in [4.69, 9.17) is 16.3 Å². The molecule has 0 aliphatic rings. The second-order valence-corrected chi connectivity index (χ2v) is 5.64. The average Bonchev–Trinajstić information content (AvgIpc) is 2.27. The summed E-state index contributed by atoms with van der Waals surface area (Å²) in [6, 6.07) is 5.69. The fourth-order valence-electron chi connectivity index (χ4n) is 1.31. The van der Waals surface area contributed by atoms with Gasteiger partial charge < -0.3 is 10.1 Å². The molecule has 0 bridgehead atoms. The van der Waals surface area contributed by atoms with Crippen molar-refractivity contribution in [1.82, 2.24) is 0 Å². The largest absolute Gasteiger partial charge is 0.382 e. The molecule has 0 atom stereocenters. The van der Waals surface area contributed by atoms with E-state index in [1.165, 1.54) is 0 Å². The van der Waals surface area contributed by atoms with Crippen molar-refractivity contribution in [3.63, 3.8) is 0 Å². The van der Waals surface area contributed by atoms with Gasteiger partial charge in [0, 0.05) is 28.3 Å². The van der Waals surface area contributed by atoms with Crippen LogP contribution in [0.25, 0.3) is 0 Å². The van der Waals surface area contributed by atoms with Crippen LogP contribution in [0.4, 0.5) is 5.69 Å². The van der Waals surface area contributed by atoms with E-state index >= 15 is 0 Å². The zero-order valence-electron chi connectivity index (χ0n) is 10.3. The number of ether oxygens (including phenoxy) is 1. The third kappa shape index (κ3) is 6.29. The molecule has 4 heteroatoms. The van der Waals surface area contributed by atoms with Crippen LogP contribution in [0.15, 0.2) is 22.7 Å². The van der Waals surface area contributed by atoms with Gasteiger partial charge in [-0.25, -0.2) is 0 Å². The molecule has 17 heavy (non-hydrogen) atoms. The third-order valence-corrected chi connectivity index (χ3v) is 3.26. The van der Waals surface area contributed by atoms with Crippen molar-refractivity contribution in [3.05, 3.63) is 27.7 Å². The molecule has 0 aromatic heterocycles. The van der Waals surface area contributed by atoms with Gasteiger partial charge in [-0.2, -0.15) is 0 Å². The summed E-state index contributed by atoms with van der Waals surface area (Å²) in [6.45, 7) is 6.73. The van der Waals surface area contributed by atoms with Gasteiger partial charge in [0.15, 0.2) is 0 Å². The molecule has 0 aliphatic carbocycles. The highest BCUT2D eigenvalue weighted by atomic mass is 79.9. The van der Waals surface area contributed by atoms with Crippen molar-refractivity contribution in [3.8, 4) is 0 Å². The third-order valence-electron chi connectivity index (χ3n) is 2.33. The number of benzene rings is 1. The van der Waals surface area contributed by atoms with Gasteiger partial charge in [0.25, 0.3) is 0 Å². The Hall–Kier alpha value is -0.250. The van der Waals surface area contributed by atoms with Crippen LogP contribution in [0.1, 0.15) is 20.3 Å². The van der Waals surface area contributed by atoms with Crippen LogP contribution in [0, 0.1) is 5.92 Å².